The van der Waals surface area contributed by atoms with E-state index in [-0.39, 0.29) is 11.7 Å². The van der Waals surface area contributed by atoms with Crippen molar-refractivity contribution in [2.24, 2.45) is 0 Å². The predicted octanol–water partition coefficient (Wildman–Crippen LogP) is 4.91. The van der Waals surface area contributed by atoms with Crippen molar-refractivity contribution in [1.29, 1.82) is 0 Å². The molecule has 0 saturated carbocycles. The number of benzene rings is 1. The zero-order valence-corrected chi connectivity index (χ0v) is 17.9. The van der Waals surface area contributed by atoms with Gasteiger partial charge in [-0.1, -0.05) is 23.9 Å². The minimum atomic E-state index is 0.0434. The van der Waals surface area contributed by atoms with Crippen LogP contribution in [0.15, 0.2) is 50.7 Å². The van der Waals surface area contributed by atoms with Gasteiger partial charge in [-0.2, -0.15) is 0 Å². The van der Waals surface area contributed by atoms with Gasteiger partial charge in [0.2, 0.25) is 5.91 Å². The van der Waals surface area contributed by atoms with Gasteiger partial charge in [-0.3, -0.25) is 4.79 Å². The van der Waals surface area contributed by atoms with Gasteiger partial charge in [0, 0.05) is 23.2 Å². The van der Waals surface area contributed by atoms with E-state index in [1.54, 1.807) is 22.7 Å². The first-order valence-corrected chi connectivity index (χ1v) is 11.8. The Hall–Kier alpha value is -2.49. The predicted molar refractivity (Wildman–Crippen MR) is 117 cm³/mol. The minimum Gasteiger partial charge on any atom is -0.410 e. The molecule has 146 valence electrons. The SMILES string of the molecule is Cc1nc(-c2ccc3c(c2)CCN3C(=O)CSc2nnc(-c3cccs3)o2)cs1. The molecule has 0 spiro atoms. The highest BCUT2D eigenvalue weighted by molar-refractivity contribution is 7.99. The summed E-state index contributed by atoms with van der Waals surface area (Å²) in [7, 11) is 0. The van der Waals surface area contributed by atoms with Crippen LogP contribution in [0, 0.1) is 6.92 Å². The molecule has 0 N–H and O–H groups in total. The van der Waals surface area contributed by atoms with Gasteiger partial charge in [0.25, 0.3) is 11.1 Å². The van der Waals surface area contributed by atoms with Crippen LogP contribution in [0.5, 0.6) is 0 Å². The number of aryl methyl sites for hydroxylation is 1. The lowest BCUT2D eigenvalue weighted by molar-refractivity contribution is -0.116. The molecule has 0 atom stereocenters. The molecule has 29 heavy (non-hydrogen) atoms. The third-order valence-corrected chi connectivity index (χ3v) is 7.08. The molecule has 0 aliphatic carbocycles. The third-order valence-electron chi connectivity index (χ3n) is 4.65. The fourth-order valence-electron chi connectivity index (χ4n) is 3.29. The maximum absolute atomic E-state index is 12.8. The van der Waals surface area contributed by atoms with E-state index in [0.29, 0.717) is 17.7 Å². The van der Waals surface area contributed by atoms with Crippen LogP contribution in [0.1, 0.15) is 10.6 Å². The number of carbonyl (C=O) groups is 1. The summed E-state index contributed by atoms with van der Waals surface area (Å²) in [6, 6.07) is 10.1. The van der Waals surface area contributed by atoms with E-state index in [9.17, 15) is 4.79 Å². The number of anilines is 1. The van der Waals surface area contributed by atoms with Gasteiger partial charge >= 0.3 is 0 Å². The first-order valence-electron chi connectivity index (χ1n) is 9.03. The van der Waals surface area contributed by atoms with Crippen molar-refractivity contribution in [3.8, 4) is 22.0 Å². The zero-order valence-electron chi connectivity index (χ0n) is 15.5. The Bertz CT molecular complexity index is 1170. The van der Waals surface area contributed by atoms with Crippen molar-refractivity contribution >= 4 is 46.0 Å². The smallest absolute Gasteiger partial charge is 0.277 e. The monoisotopic (exact) mass is 440 g/mol. The molecule has 0 unspecified atom stereocenters. The first-order chi connectivity index (χ1) is 14.2. The number of thiazole rings is 1. The highest BCUT2D eigenvalue weighted by Crippen LogP contribution is 2.34. The molecular weight excluding hydrogens is 424 g/mol. The number of hydrogen-bond donors (Lipinski definition) is 0. The molecule has 1 aliphatic rings. The fourth-order valence-corrected chi connectivity index (χ4v) is 5.19. The summed E-state index contributed by atoms with van der Waals surface area (Å²) in [4.78, 5) is 20.1. The topological polar surface area (TPSA) is 72.1 Å². The summed E-state index contributed by atoms with van der Waals surface area (Å²) in [5, 5.41) is 13.6. The molecule has 4 aromatic rings. The Morgan fingerprint density at radius 3 is 3.00 bits per heavy atom. The van der Waals surface area contributed by atoms with E-state index < -0.39 is 0 Å². The van der Waals surface area contributed by atoms with Crippen molar-refractivity contribution in [3.63, 3.8) is 0 Å². The van der Waals surface area contributed by atoms with E-state index in [4.69, 9.17) is 4.42 Å². The first kappa shape index (κ1) is 18.5. The molecule has 1 aromatic carbocycles. The number of fused-ring (bicyclic) bond motifs is 1. The molecule has 4 heterocycles. The van der Waals surface area contributed by atoms with Gasteiger partial charge in [-0.05, 0) is 42.5 Å². The Morgan fingerprint density at radius 1 is 1.28 bits per heavy atom. The van der Waals surface area contributed by atoms with Gasteiger partial charge in [-0.15, -0.1) is 32.9 Å². The van der Waals surface area contributed by atoms with E-state index >= 15 is 0 Å². The van der Waals surface area contributed by atoms with E-state index in [0.717, 1.165) is 33.3 Å². The van der Waals surface area contributed by atoms with Crippen molar-refractivity contribution in [1.82, 2.24) is 15.2 Å². The second kappa shape index (κ2) is 7.74. The molecule has 1 aliphatic heterocycles. The molecule has 9 heteroatoms. The Kier molecular flexibility index (Phi) is 4.94. The lowest BCUT2D eigenvalue weighted by Gasteiger charge is -2.16. The number of amides is 1. The highest BCUT2D eigenvalue weighted by atomic mass is 32.2. The second-order valence-electron chi connectivity index (χ2n) is 6.53. The van der Waals surface area contributed by atoms with Crippen LogP contribution in [0.25, 0.3) is 22.0 Å². The normalized spacial score (nSPS) is 13.1. The van der Waals surface area contributed by atoms with E-state index in [1.165, 1.54) is 17.3 Å². The fraction of sp³-hybridized carbons (Fsp3) is 0.200. The lowest BCUT2D eigenvalue weighted by atomic mass is 10.1. The van der Waals surface area contributed by atoms with Crippen LogP contribution in [0.2, 0.25) is 0 Å². The quantitative estimate of drug-likeness (QED) is 0.411. The summed E-state index contributed by atoms with van der Waals surface area (Å²) in [5.41, 5.74) is 4.26. The number of thiophene rings is 1. The van der Waals surface area contributed by atoms with Gasteiger partial charge in [0.15, 0.2) is 0 Å². The maximum atomic E-state index is 12.8. The summed E-state index contributed by atoms with van der Waals surface area (Å²) >= 11 is 4.46. The summed E-state index contributed by atoms with van der Waals surface area (Å²) in [6.07, 6.45) is 0.853. The Balaban J connectivity index is 1.26. The van der Waals surface area contributed by atoms with Gasteiger partial charge in [0.05, 0.1) is 21.3 Å². The van der Waals surface area contributed by atoms with Crippen molar-refractivity contribution < 1.29 is 9.21 Å². The highest BCUT2D eigenvalue weighted by Gasteiger charge is 2.25. The van der Waals surface area contributed by atoms with Crippen molar-refractivity contribution in [2.45, 2.75) is 18.6 Å². The van der Waals surface area contributed by atoms with E-state index in [1.807, 2.05) is 41.5 Å². The standard InChI is InChI=1S/C20H16N4O2S3/c1-12-21-15(10-28-12)13-4-5-16-14(9-13)6-7-24(16)18(25)11-29-20-23-22-19(26-20)17-3-2-8-27-17/h2-5,8-10H,6-7,11H2,1H3. The molecular formula is C20H16N4O2S3. The van der Waals surface area contributed by atoms with Crippen LogP contribution in [-0.2, 0) is 11.2 Å². The molecule has 0 radical (unpaired) electrons. The molecule has 0 bridgehead atoms. The van der Waals surface area contributed by atoms with Crippen LogP contribution in [0.3, 0.4) is 0 Å². The van der Waals surface area contributed by atoms with Crippen LogP contribution < -0.4 is 4.90 Å². The average Bonchev–Trinajstić information content (AvgIpc) is 3.52. The number of thioether (sulfide) groups is 1. The largest absolute Gasteiger partial charge is 0.410 e. The van der Waals surface area contributed by atoms with Crippen LogP contribution >= 0.6 is 34.4 Å². The van der Waals surface area contributed by atoms with Gasteiger partial charge < -0.3 is 9.32 Å². The molecule has 0 saturated heterocycles. The molecule has 0 fully saturated rings. The van der Waals surface area contributed by atoms with Crippen molar-refractivity contribution in [3.05, 3.63) is 51.7 Å². The molecule has 5 rings (SSSR count). The molecule has 6 nitrogen and oxygen atoms in total. The summed E-state index contributed by atoms with van der Waals surface area (Å²) < 4.78 is 5.65. The Labute approximate surface area is 179 Å². The van der Waals surface area contributed by atoms with Crippen LogP contribution in [-0.4, -0.2) is 33.4 Å². The zero-order chi connectivity index (χ0) is 19.8. The van der Waals surface area contributed by atoms with Gasteiger partial charge in [0.1, 0.15) is 0 Å². The third kappa shape index (κ3) is 3.73. The molecule has 1 amide bonds. The average molecular weight is 441 g/mol. The Morgan fingerprint density at radius 2 is 2.21 bits per heavy atom. The second-order valence-corrected chi connectivity index (χ2v) is 9.47. The lowest BCUT2D eigenvalue weighted by Crippen LogP contribution is -2.30. The number of aromatic nitrogens is 3. The summed E-state index contributed by atoms with van der Waals surface area (Å²) in [6.45, 7) is 2.70. The summed E-state index contributed by atoms with van der Waals surface area (Å²) in [5.74, 6) is 0.798. The van der Waals surface area contributed by atoms with Gasteiger partial charge in [-0.25, -0.2) is 4.98 Å². The van der Waals surface area contributed by atoms with Crippen molar-refractivity contribution in [2.75, 3.05) is 17.2 Å². The molecule has 3 aromatic heterocycles. The number of carbonyl (C=O) groups excluding carboxylic acids is 1. The van der Waals surface area contributed by atoms with Crippen LogP contribution in [0.4, 0.5) is 5.69 Å². The number of rotatable bonds is 5. The number of nitrogens with zero attached hydrogens (tertiary/aromatic N) is 4. The minimum absolute atomic E-state index is 0.0434. The number of hydrogen-bond acceptors (Lipinski definition) is 8. The maximum Gasteiger partial charge on any atom is 0.277 e. The van der Waals surface area contributed by atoms with E-state index in [2.05, 4.69) is 26.6 Å².